The van der Waals surface area contributed by atoms with Crippen molar-refractivity contribution in [2.45, 2.75) is 38.6 Å². The molecule has 37 heavy (non-hydrogen) atoms. The van der Waals surface area contributed by atoms with Gasteiger partial charge in [-0.05, 0) is 74.4 Å². The monoisotopic (exact) mass is 579 g/mol. The van der Waals surface area contributed by atoms with E-state index in [9.17, 15) is 9.59 Å². The van der Waals surface area contributed by atoms with Crippen molar-refractivity contribution >= 4 is 63.9 Å². The van der Waals surface area contributed by atoms with Gasteiger partial charge in [-0.1, -0.05) is 64.6 Å². The minimum absolute atomic E-state index is 0.0259. The van der Waals surface area contributed by atoms with Crippen LogP contribution in [0.4, 0.5) is 0 Å². The van der Waals surface area contributed by atoms with Crippen molar-refractivity contribution in [3.05, 3.63) is 85.6 Å². The second kappa shape index (κ2) is 11.9. The van der Waals surface area contributed by atoms with Crippen LogP contribution in [0.5, 0.6) is 0 Å². The zero-order chi connectivity index (χ0) is 26.7. The van der Waals surface area contributed by atoms with Gasteiger partial charge in [0.25, 0.3) is 5.91 Å². The van der Waals surface area contributed by atoms with Crippen LogP contribution >= 0.6 is 46.4 Å². The predicted molar refractivity (Wildman–Crippen MR) is 149 cm³/mol. The molecule has 1 aromatic carbocycles. The molecule has 0 radical (unpaired) electrons. The highest BCUT2D eigenvalue weighted by molar-refractivity contribution is 6.35. The number of aromatic nitrogens is 2. The van der Waals surface area contributed by atoms with Gasteiger partial charge in [0.05, 0.1) is 23.5 Å². The molecule has 10 heteroatoms. The summed E-state index contributed by atoms with van der Waals surface area (Å²) in [5.74, 6) is -0.996. The summed E-state index contributed by atoms with van der Waals surface area (Å²) in [4.78, 5) is 26.1. The topological polar surface area (TPSA) is 73.2 Å². The van der Waals surface area contributed by atoms with E-state index >= 15 is 0 Å². The van der Waals surface area contributed by atoms with Gasteiger partial charge in [-0.15, -0.1) is 0 Å². The van der Waals surface area contributed by atoms with Gasteiger partial charge in [0.2, 0.25) is 0 Å². The molecule has 1 heterocycles. The average molecular weight is 581 g/mol. The lowest BCUT2D eigenvalue weighted by molar-refractivity contribution is -0.143. The van der Waals surface area contributed by atoms with Crippen molar-refractivity contribution in [1.82, 2.24) is 15.1 Å². The number of carbonyl (C=O) groups excluding carboxylic acids is 2. The van der Waals surface area contributed by atoms with Gasteiger partial charge in [-0.3, -0.25) is 4.79 Å². The SMILES string of the molecule is COC(=O)C(CC1C=CC(Cl)=CC1)NC(=O)c1nn(-c2ccc(Cl)cc2Cl)c(C2=CC=C(Cl)CC2)c1C. The summed E-state index contributed by atoms with van der Waals surface area (Å²) in [6.07, 6.45) is 11.7. The Morgan fingerprint density at radius 3 is 2.59 bits per heavy atom. The predicted octanol–water partition coefficient (Wildman–Crippen LogP) is 7.15. The molecule has 0 bridgehead atoms. The number of benzene rings is 1. The van der Waals surface area contributed by atoms with Gasteiger partial charge in [0.15, 0.2) is 5.69 Å². The molecular weight excluding hydrogens is 556 g/mol. The van der Waals surface area contributed by atoms with Crippen molar-refractivity contribution in [1.29, 1.82) is 0 Å². The third-order valence-corrected chi connectivity index (χ3v) is 7.48. The summed E-state index contributed by atoms with van der Waals surface area (Å²) in [7, 11) is 1.30. The van der Waals surface area contributed by atoms with E-state index in [1.807, 2.05) is 31.2 Å². The lowest BCUT2D eigenvalue weighted by atomic mass is 9.93. The summed E-state index contributed by atoms with van der Waals surface area (Å²) in [6, 6.07) is 4.22. The van der Waals surface area contributed by atoms with E-state index in [0.29, 0.717) is 52.0 Å². The molecule has 1 aromatic heterocycles. The molecule has 0 spiro atoms. The lowest BCUT2D eigenvalue weighted by Crippen LogP contribution is -2.43. The van der Waals surface area contributed by atoms with E-state index in [2.05, 4.69) is 10.4 Å². The molecule has 0 saturated carbocycles. The Kier molecular flexibility index (Phi) is 8.86. The maximum Gasteiger partial charge on any atom is 0.328 e. The van der Waals surface area contributed by atoms with Gasteiger partial charge >= 0.3 is 5.97 Å². The minimum Gasteiger partial charge on any atom is -0.467 e. The Balaban J connectivity index is 1.70. The van der Waals surface area contributed by atoms with Crippen LogP contribution in [0.3, 0.4) is 0 Å². The van der Waals surface area contributed by atoms with Crippen LogP contribution in [0.25, 0.3) is 11.3 Å². The molecule has 0 saturated heterocycles. The van der Waals surface area contributed by atoms with Crippen molar-refractivity contribution in [2.75, 3.05) is 7.11 Å². The maximum absolute atomic E-state index is 13.5. The smallest absolute Gasteiger partial charge is 0.328 e. The first-order valence-electron chi connectivity index (χ1n) is 11.7. The van der Waals surface area contributed by atoms with Crippen LogP contribution in [0.15, 0.2) is 58.6 Å². The highest BCUT2D eigenvalue weighted by Gasteiger charge is 2.30. The number of nitrogens with one attached hydrogen (secondary N) is 1. The Bertz CT molecular complexity index is 1360. The lowest BCUT2D eigenvalue weighted by Gasteiger charge is -2.21. The first kappa shape index (κ1) is 27.5. The van der Waals surface area contributed by atoms with Crippen molar-refractivity contribution < 1.29 is 14.3 Å². The quantitative estimate of drug-likeness (QED) is 0.353. The number of halogens is 4. The Labute approximate surface area is 235 Å². The van der Waals surface area contributed by atoms with Gasteiger partial charge in [-0.2, -0.15) is 5.10 Å². The standard InChI is InChI=1S/C27H25Cl4N3O3/c1-15-24(26(35)32-22(27(36)37-2)13-16-3-7-18(28)8-4-16)33-34(23-12-11-20(30)14-21(23)31)25(15)17-5-9-19(29)10-6-17/h3,5,7-9,11-12,14,16,22H,4,6,10,13H2,1-2H3,(H,32,35). The molecule has 4 rings (SSSR count). The molecule has 2 unspecified atom stereocenters. The Morgan fingerprint density at radius 1 is 1.19 bits per heavy atom. The number of amides is 1. The molecule has 2 aromatic rings. The fourth-order valence-electron chi connectivity index (χ4n) is 4.42. The molecule has 2 aliphatic rings. The summed E-state index contributed by atoms with van der Waals surface area (Å²) in [5.41, 5.74) is 3.10. The van der Waals surface area contributed by atoms with Gasteiger partial charge in [0.1, 0.15) is 6.04 Å². The second-order valence-electron chi connectivity index (χ2n) is 8.86. The van der Waals surface area contributed by atoms with Gasteiger partial charge in [0, 0.05) is 20.7 Å². The van der Waals surface area contributed by atoms with E-state index in [1.54, 1.807) is 29.0 Å². The van der Waals surface area contributed by atoms with E-state index in [0.717, 1.165) is 16.3 Å². The number of nitrogens with zero attached hydrogens (tertiary/aromatic N) is 2. The first-order chi connectivity index (χ1) is 17.7. The molecule has 0 fully saturated rings. The fourth-order valence-corrected chi connectivity index (χ4v) is 5.23. The number of esters is 1. The third kappa shape index (κ3) is 6.32. The molecule has 1 amide bonds. The molecule has 2 aliphatic carbocycles. The number of carbonyl (C=O) groups is 2. The van der Waals surface area contributed by atoms with E-state index in [-0.39, 0.29) is 11.6 Å². The molecular formula is C27H25Cl4N3O3. The second-order valence-corrected chi connectivity index (χ2v) is 10.6. The van der Waals surface area contributed by atoms with Crippen LogP contribution in [0.1, 0.15) is 47.4 Å². The summed E-state index contributed by atoms with van der Waals surface area (Å²) in [6.45, 7) is 1.82. The number of hydrogen-bond acceptors (Lipinski definition) is 4. The summed E-state index contributed by atoms with van der Waals surface area (Å²) >= 11 is 24.8. The number of rotatable bonds is 7. The van der Waals surface area contributed by atoms with Crippen LogP contribution in [0.2, 0.25) is 10.0 Å². The number of allylic oxidation sites excluding steroid dienone is 8. The Morgan fingerprint density at radius 2 is 1.97 bits per heavy atom. The maximum atomic E-state index is 13.5. The van der Waals surface area contributed by atoms with Gasteiger partial charge in [-0.25, -0.2) is 9.48 Å². The normalized spacial score (nSPS) is 18.0. The van der Waals surface area contributed by atoms with Crippen molar-refractivity contribution in [3.63, 3.8) is 0 Å². The molecule has 0 aliphatic heterocycles. The van der Waals surface area contributed by atoms with E-state index < -0.39 is 17.9 Å². The Hall–Kier alpha value is -2.51. The highest BCUT2D eigenvalue weighted by Crippen LogP contribution is 2.35. The van der Waals surface area contributed by atoms with E-state index in [4.69, 9.17) is 51.1 Å². The molecule has 2 atom stereocenters. The number of ether oxygens (including phenoxy) is 1. The fraction of sp³-hybridized carbons (Fsp3) is 0.296. The van der Waals surface area contributed by atoms with Crippen LogP contribution in [-0.4, -0.2) is 34.8 Å². The summed E-state index contributed by atoms with van der Waals surface area (Å²) < 4.78 is 6.61. The van der Waals surface area contributed by atoms with Gasteiger partial charge < -0.3 is 10.1 Å². The first-order valence-corrected chi connectivity index (χ1v) is 13.2. The van der Waals surface area contributed by atoms with Crippen molar-refractivity contribution in [2.24, 2.45) is 5.92 Å². The highest BCUT2D eigenvalue weighted by atomic mass is 35.5. The molecule has 194 valence electrons. The molecule has 6 nitrogen and oxygen atoms in total. The largest absolute Gasteiger partial charge is 0.467 e. The number of methoxy groups -OCH3 is 1. The van der Waals surface area contributed by atoms with Crippen LogP contribution < -0.4 is 5.32 Å². The zero-order valence-corrected chi connectivity index (χ0v) is 23.3. The summed E-state index contributed by atoms with van der Waals surface area (Å²) in [5, 5.41) is 9.75. The zero-order valence-electron chi connectivity index (χ0n) is 20.2. The minimum atomic E-state index is -0.861. The van der Waals surface area contributed by atoms with Crippen LogP contribution in [-0.2, 0) is 9.53 Å². The third-order valence-electron chi connectivity index (χ3n) is 6.35. The number of hydrogen-bond donors (Lipinski definition) is 1. The van der Waals surface area contributed by atoms with Crippen molar-refractivity contribution in [3.8, 4) is 5.69 Å². The molecule has 1 N–H and O–H groups in total. The van der Waals surface area contributed by atoms with E-state index in [1.165, 1.54) is 7.11 Å². The van der Waals surface area contributed by atoms with Crippen LogP contribution in [0, 0.1) is 12.8 Å². The average Bonchev–Trinajstić information content (AvgIpc) is 3.21.